The third-order valence-corrected chi connectivity index (χ3v) is 6.24. The Balaban J connectivity index is 1.55. The van der Waals surface area contributed by atoms with E-state index in [0.717, 1.165) is 24.2 Å². The van der Waals surface area contributed by atoms with E-state index in [9.17, 15) is 13.6 Å². The van der Waals surface area contributed by atoms with E-state index in [1.807, 2.05) is 16.2 Å². The summed E-state index contributed by atoms with van der Waals surface area (Å²) in [5.41, 5.74) is 1.80. The Morgan fingerprint density at radius 2 is 1.96 bits per heavy atom. The van der Waals surface area contributed by atoms with Gasteiger partial charge in [-0.1, -0.05) is 6.07 Å². The molecule has 1 N–H and O–H groups in total. The van der Waals surface area contributed by atoms with Crippen LogP contribution in [0.25, 0.3) is 0 Å². The molecule has 2 aliphatic rings. The summed E-state index contributed by atoms with van der Waals surface area (Å²) in [5.74, 6) is -1.46. The van der Waals surface area contributed by atoms with Gasteiger partial charge in [-0.25, -0.2) is 8.78 Å². The molecule has 0 aliphatic carbocycles. The molecule has 5 nitrogen and oxygen atoms in total. The number of aromatic nitrogens is 2. The first-order valence-corrected chi connectivity index (χ1v) is 9.94. The van der Waals surface area contributed by atoms with Crippen molar-refractivity contribution >= 4 is 18.1 Å². The Kier molecular flexibility index (Phi) is 5.33. The second-order valence-corrected chi connectivity index (χ2v) is 7.88. The monoisotopic (exact) mass is 407 g/mol. The number of hydrogen-bond donors (Lipinski definition) is 1. The van der Waals surface area contributed by atoms with Crippen molar-refractivity contribution in [1.82, 2.24) is 14.5 Å². The van der Waals surface area contributed by atoms with Crippen molar-refractivity contribution in [3.63, 3.8) is 0 Å². The van der Waals surface area contributed by atoms with E-state index in [4.69, 9.17) is 17.0 Å². The van der Waals surface area contributed by atoms with Crippen LogP contribution in [0.2, 0.25) is 0 Å². The van der Waals surface area contributed by atoms with Gasteiger partial charge in [0, 0.05) is 55.7 Å². The third-order valence-electron chi connectivity index (χ3n) is 5.75. The van der Waals surface area contributed by atoms with Crippen LogP contribution in [0, 0.1) is 16.4 Å². The molecule has 1 amide bonds. The maximum atomic E-state index is 14.2. The van der Waals surface area contributed by atoms with Crippen molar-refractivity contribution in [2.45, 2.75) is 44.2 Å². The standard InChI is InChI=1S/C20H23F2N3O2S/c1-24-16(10-18(26)23-13-5-7-27-8-6-13)17-9-12(11-25(17)20(24)28)19-14(21)3-2-4-15(19)22/h2-4,12-13H,5-11H2,1H3,(H,23,26)/t12-/m0/s1. The molecule has 28 heavy (non-hydrogen) atoms. The number of halogens is 2. The summed E-state index contributed by atoms with van der Waals surface area (Å²) in [7, 11) is 1.84. The van der Waals surface area contributed by atoms with E-state index < -0.39 is 11.6 Å². The van der Waals surface area contributed by atoms with Gasteiger partial charge in [0.25, 0.3) is 0 Å². The van der Waals surface area contributed by atoms with Gasteiger partial charge in [0.05, 0.1) is 6.42 Å². The highest BCUT2D eigenvalue weighted by Crippen LogP contribution is 2.35. The Bertz CT molecular complexity index is 943. The summed E-state index contributed by atoms with van der Waals surface area (Å²) >= 11 is 5.51. The molecule has 0 radical (unpaired) electrons. The Hall–Kier alpha value is -2.06. The van der Waals surface area contributed by atoms with Crippen molar-refractivity contribution in [2.75, 3.05) is 13.2 Å². The molecule has 0 spiro atoms. The molecule has 8 heteroatoms. The molecule has 0 unspecified atom stereocenters. The van der Waals surface area contributed by atoms with Crippen LogP contribution in [0.5, 0.6) is 0 Å². The largest absolute Gasteiger partial charge is 0.381 e. The molecule has 0 bridgehead atoms. The van der Waals surface area contributed by atoms with E-state index in [-0.39, 0.29) is 29.9 Å². The molecular formula is C20H23F2N3O2S. The number of fused-ring (bicyclic) bond motifs is 1. The highest BCUT2D eigenvalue weighted by molar-refractivity contribution is 7.71. The van der Waals surface area contributed by atoms with E-state index in [2.05, 4.69) is 5.32 Å². The lowest BCUT2D eigenvalue weighted by Gasteiger charge is -2.23. The fraction of sp³-hybridized carbons (Fsp3) is 0.500. The first-order chi connectivity index (χ1) is 13.5. The number of nitrogens with one attached hydrogen (secondary N) is 1. The fourth-order valence-electron chi connectivity index (χ4n) is 4.28. The van der Waals surface area contributed by atoms with E-state index >= 15 is 0 Å². The normalized spacial score (nSPS) is 19.6. The highest BCUT2D eigenvalue weighted by atomic mass is 32.1. The SMILES string of the molecule is Cn1c(CC(=O)NC2CCOCC2)c2n(c1=S)C[C@@H](c1c(F)cccc1F)C2. The van der Waals surface area contributed by atoms with Crippen LogP contribution in [-0.4, -0.2) is 34.3 Å². The smallest absolute Gasteiger partial charge is 0.226 e. The predicted octanol–water partition coefficient (Wildman–Crippen LogP) is 3.01. The minimum absolute atomic E-state index is 0.0635. The molecule has 2 aromatic rings. The second-order valence-electron chi connectivity index (χ2n) is 7.51. The molecule has 2 aliphatic heterocycles. The summed E-state index contributed by atoms with van der Waals surface area (Å²) < 4.78 is 38.1. The number of benzene rings is 1. The van der Waals surface area contributed by atoms with Gasteiger partial charge in [0.15, 0.2) is 4.77 Å². The average Bonchev–Trinajstić information content (AvgIpc) is 3.18. The fourth-order valence-corrected chi connectivity index (χ4v) is 4.58. The molecule has 1 aromatic carbocycles. The number of imidazole rings is 1. The third kappa shape index (κ3) is 3.51. The number of carbonyl (C=O) groups is 1. The van der Waals surface area contributed by atoms with Crippen molar-refractivity contribution < 1.29 is 18.3 Å². The van der Waals surface area contributed by atoms with Gasteiger partial charge >= 0.3 is 0 Å². The van der Waals surface area contributed by atoms with Crippen LogP contribution in [0.1, 0.15) is 35.7 Å². The van der Waals surface area contributed by atoms with Gasteiger partial charge in [0.2, 0.25) is 5.91 Å². The summed E-state index contributed by atoms with van der Waals surface area (Å²) in [6.45, 7) is 1.74. The number of carbonyl (C=O) groups excluding carboxylic acids is 1. The summed E-state index contributed by atoms with van der Waals surface area (Å²) in [4.78, 5) is 12.6. The predicted molar refractivity (Wildman–Crippen MR) is 103 cm³/mol. The van der Waals surface area contributed by atoms with Crippen molar-refractivity contribution in [3.05, 3.63) is 51.6 Å². The molecule has 1 fully saturated rings. The Labute approximate surface area is 167 Å². The lowest BCUT2D eigenvalue weighted by molar-refractivity contribution is -0.121. The number of ether oxygens (including phenoxy) is 1. The maximum absolute atomic E-state index is 14.2. The van der Waals surface area contributed by atoms with Crippen molar-refractivity contribution in [2.24, 2.45) is 7.05 Å². The number of rotatable bonds is 4. The lowest BCUT2D eigenvalue weighted by atomic mass is 9.95. The maximum Gasteiger partial charge on any atom is 0.226 e. The molecule has 1 aromatic heterocycles. The molecule has 1 saturated heterocycles. The molecule has 150 valence electrons. The first-order valence-electron chi connectivity index (χ1n) is 9.54. The Morgan fingerprint density at radius 3 is 2.64 bits per heavy atom. The second kappa shape index (κ2) is 7.75. The van der Waals surface area contributed by atoms with Gasteiger partial charge < -0.3 is 19.2 Å². The van der Waals surface area contributed by atoms with Crippen molar-refractivity contribution in [1.29, 1.82) is 0 Å². The summed E-state index contributed by atoms with van der Waals surface area (Å²) in [6.07, 6.45) is 2.29. The molecular weight excluding hydrogens is 384 g/mol. The average molecular weight is 407 g/mol. The van der Waals surface area contributed by atoms with Crippen LogP contribution in [0.15, 0.2) is 18.2 Å². The zero-order valence-electron chi connectivity index (χ0n) is 15.7. The minimum Gasteiger partial charge on any atom is -0.381 e. The van der Waals surface area contributed by atoms with E-state index in [0.29, 0.717) is 31.0 Å². The first kappa shape index (κ1) is 19.3. The molecule has 3 heterocycles. The van der Waals surface area contributed by atoms with Crippen LogP contribution in [-0.2, 0) is 36.0 Å². The summed E-state index contributed by atoms with van der Waals surface area (Å²) in [6, 6.07) is 4.06. The topological polar surface area (TPSA) is 48.2 Å². The van der Waals surface area contributed by atoms with Gasteiger partial charge in [-0.3, -0.25) is 4.79 Å². The molecule has 0 saturated carbocycles. The van der Waals surface area contributed by atoms with Gasteiger partial charge in [-0.05, 0) is 43.6 Å². The Morgan fingerprint density at radius 1 is 1.29 bits per heavy atom. The number of nitrogens with zero attached hydrogens (tertiary/aromatic N) is 2. The molecule has 1 atom stereocenters. The zero-order chi connectivity index (χ0) is 19.8. The van der Waals surface area contributed by atoms with E-state index in [1.165, 1.54) is 18.2 Å². The lowest BCUT2D eigenvalue weighted by Crippen LogP contribution is -2.40. The zero-order valence-corrected chi connectivity index (χ0v) is 16.5. The minimum atomic E-state index is -0.537. The highest BCUT2D eigenvalue weighted by Gasteiger charge is 2.32. The van der Waals surface area contributed by atoms with Crippen LogP contribution < -0.4 is 5.32 Å². The van der Waals surface area contributed by atoms with Crippen LogP contribution in [0.3, 0.4) is 0 Å². The van der Waals surface area contributed by atoms with Crippen LogP contribution in [0.4, 0.5) is 8.78 Å². The van der Waals surface area contributed by atoms with E-state index in [1.54, 1.807) is 0 Å². The van der Waals surface area contributed by atoms with Gasteiger partial charge in [0.1, 0.15) is 11.6 Å². The molecule has 4 rings (SSSR count). The quantitative estimate of drug-likeness (QED) is 0.793. The number of hydrogen-bond acceptors (Lipinski definition) is 3. The van der Waals surface area contributed by atoms with Gasteiger partial charge in [-0.15, -0.1) is 0 Å². The van der Waals surface area contributed by atoms with Gasteiger partial charge in [-0.2, -0.15) is 0 Å². The van der Waals surface area contributed by atoms with Crippen LogP contribution >= 0.6 is 12.2 Å². The number of amides is 1. The summed E-state index contributed by atoms with van der Waals surface area (Å²) in [5, 5.41) is 3.06. The van der Waals surface area contributed by atoms with Crippen molar-refractivity contribution in [3.8, 4) is 0 Å².